The van der Waals surface area contributed by atoms with Crippen molar-refractivity contribution in [2.24, 2.45) is 0 Å². The maximum absolute atomic E-state index is 12.8. The molecule has 0 bridgehead atoms. The monoisotopic (exact) mass is 379 g/mol. The van der Waals surface area contributed by atoms with Crippen molar-refractivity contribution in [1.82, 2.24) is 14.8 Å². The molecule has 1 fully saturated rings. The Morgan fingerprint density at radius 3 is 2.57 bits per heavy atom. The highest BCUT2D eigenvalue weighted by molar-refractivity contribution is 6.10. The number of carbonyl (C=O) groups is 1. The fourth-order valence-corrected chi connectivity index (χ4v) is 3.26. The van der Waals surface area contributed by atoms with Gasteiger partial charge in [0.1, 0.15) is 5.82 Å². The summed E-state index contributed by atoms with van der Waals surface area (Å²) in [5, 5.41) is 8.03. The van der Waals surface area contributed by atoms with Crippen molar-refractivity contribution in [3.63, 3.8) is 0 Å². The molecule has 2 aromatic heterocycles. The van der Waals surface area contributed by atoms with E-state index in [0.717, 1.165) is 18.8 Å². The van der Waals surface area contributed by atoms with E-state index in [0.29, 0.717) is 36.3 Å². The van der Waals surface area contributed by atoms with Gasteiger partial charge in [0, 0.05) is 25.0 Å². The number of fused-ring (bicyclic) bond motifs is 1. The van der Waals surface area contributed by atoms with Gasteiger partial charge in [0.2, 0.25) is 0 Å². The molecular formula is C20H21N5O3. The normalized spacial score (nSPS) is 14.2. The topological polar surface area (TPSA) is 89.3 Å². The predicted octanol–water partition coefficient (Wildman–Crippen LogP) is 1.90. The van der Waals surface area contributed by atoms with Gasteiger partial charge in [-0.1, -0.05) is 18.2 Å². The third kappa shape index (κ3) is 3.46. The van der Waals surface area contributed by atoms with Gasteiger partial charge in [-0.2, -0.15) is 5.10 Å². The number of amides is 1. The molecule has 0 aliphatic carbocycles. The van der Waals surface area contributed by atoms with Crippen LogP contribution >= 0.6 is 0 Å². The predicted molar refractivity (Wildman–Crippen MR) is 107 cm³/mol. The molecule has 1 aromatic carbocycles. The molecule has 1 N–H and O–H groups in total. The number of nitrogens with zero attached hydrogens (tertiary/aromatic N) is 4. The van der Waals surface area contributed by atoms with Gasteiger partial charge in [0.05, 0.1) is 30.5 Å². The number of benzene rings is 1. The minimum absolute atomic E-state index is 0.205. The van der Waals surface area contributed by atoms with Crippen molar-refractivity contribution in [2.45, 2.75) is 13.5 Å². The van der Waals surface area contributed by atoms with Crippen LogP contribution in [0, 0.1) is 0 Å². The molecular weight excluding hydrogens is 358 g/mol. The van der Waals surface area contributed by atoms with Crippen LogP contribution in [0.3, 0.4) is 0 Å². The summed E-state index contributed by atoms with van der Waals surface area (Å²) < 4.78 is 6.66. The summed E-state index contributed by atoms with van der Waals surface area (Å²) in [6, 6.07) is 10.7. The first kappa shape index (κ1) is 18.1. The minimum Gasteiger partial charge on any atom is -0.378 e. The molecule has 8 nitrogen and oxygen atoms in total. The summed E-state index contributed by atoms with van der Waals surface area (Å²) in [5.41, 5.74) is 0.989. The van der Waals surface area contributed by atoms with Crippen molar-refractivity contribution < 1.29 is 9.53 Å². The Balaban J connectivity index is 1.60. The van der Waals surface area contributed by atoms with Crippen molar-refractivity contribution in [1.29, 1.82) is 0 Å². The quantitative estimate of drug-likeness (QED) is 0.745. The molecule has 0 radical (unpaired) electrons. The summed E-state index contributed by atoms with van der Waals surface area (Å²) in [4.78, 5) is 31.8. The third-order valence-electron chi connectivity index (χ3n) is 4.75. The second-order valence-corrected chi connectivity index (χ2v) is 6.47. The first-order chi connectivity index (χ1) is 13.7. The Bertz CT molecular complexity index is 1060. The molecule has 3 heterocycles. The number of hydrogen-bond acceptors (Lipinski definition) is 6. The van der Waals surface area contributed by atoms with Gasteiger partial charge < -0.3 is 15.0 Å². The fraction of sp³-hybridized carbons (Fsp3) is 0.300. The van der Waals surface area contributed by atoms with Crippen LogP contribution in [0.25, 0.3) is 10.8 Å². The molecule has 1 saturated heterocycles. The van der Waals surface area contributed by atoms with E-state index in [4.69, 9.17) is 4.74 Å². The largest absolute Gasteiger partial charge is 0.378 e. The van der Waals surface area contributed by atoms with E-state index in [1.54, 1.807) is 36.5 Å². The number of morpholine rings is 1. The lowest BCUT2D eigenvalue weighted by Crippen LogP contribution is -2.36. The van der Waals surface area contributed by atoms with E-state index < -0.39 is 5.91 Å². The number of pyridine rings is 1. The van der Waals surface area contributed by atoms with Crippen molar-refractivity contribution in [2.75, 3.05) is 36.5 Å². The zero-order chi connectivity index (χ0) is 19.5. The Morgan fingerprint density at radius 2 is 1.89 bits per heavy atom. The van der Waals surface area contributed by atoms with Gasteiger partial charge in [-0.05, 0) is 25.1 Å². The van der Waals surface area contributed by atoms with Crippen LogP contribution in [0.1, 0.15) is 17.4 Å². The average molecular weight is 379 g/mol. The lowest BCUT2D eigenvalue weighted by molar-refractivity contribution is 0.102. The maximum Gasteiger partial charge on any atom is 0.277 e. The van der Waals surface area contributed by atoms with Crippen LogP contribution in [0.5, 0.6) is 0 Å². The number of nitrogens with one attached hydrogen (secondary N) is 1. The molecule has 1 aliphatic heterocycles. The summed E-state index contributed by atoms with van der Waals surface area (Å²) in [6.07, 6.45) is 1.74. The van der Waals surface area contributed by atoms with Gasteiger partial charge >= 0.3 is 0 Å². The highest BCUT2D eigenvalue weighted by Gasteiger charge is 2.17. The molecule has 8 heteroatoms. The van der Waals surface area contributed by atoms with Crippen LogP contribution in [0.15, 0.2) is 47.4 Å². The molecule has 1 amide bonds. The Hall–Kier alpha value is -3.26. The van der Waals surface area contributed by atoms with Gasteiger partial charge in [-0.15, -0.1) is 0 Å². The number of aromatic nitrogens is 3. The molecule has 1 aliphatic rings. The second-order valence-electron chi connectivity index (χ2n) is 6.47. The second kappa shape index (κ2) is 7.77. The van der Waals surface area contributed by atoms with E-state index >= 15 is 0 Å². The molecule has 0 spiro atoms. The van der Waals surface area contributed by atoms with Crippen LogP contribution in [-0.4, -0.2) is 47.0 Å². The van der Waals surface area contributed by atoms with Gasteiger partial charge in [-0.25, -0.2) is 9.67 Å². The molecule has 0 unspecified atom stereocenters. The van der Waals surface area contributed by atoms with Gasteiger partial charge in [0.15, 0.2) is 5.69 Å². The zero-order valence-corrected chi connectivity index (χ0v) is 15.6. The first-order valence-electron chi connectivity index (χ1n) is 9.27. The van der Waals surface area contributed by atoms with E-state index in [1.807, 2.05) is 13.0 Å². The summed E-state index contributed by atoms with van der Waals surface area (Å²) in [6.45, 7) is 5.24. The summed E-state index contributed by atoms with van der Waals surface area (Å²) >= 11 is 0. The van der Waals surface area contributed by atoms with Crippen LogP contribution in [0.2, 0.25) is 0 Å². The van der Waals surface area contributed by atoms with Crippen LogP contribution < -0.4 is 15.8 Å². The lowest BCUT2D eigenvalue weighted by Gasteiger charge is -2.28. The molecule has 28 heavy (non-hydrogen) atoms. The first-order valence-corrected chi connectivity index (χ1v) is 9.27. The van der Waals surface area contributed by atoms with Gasteiger partial charge in [0.25, 0.3) is 11.5 Å². The van der Waals surface area contributed by atoms with Gasteiger partial charge in [-0.3, -0.25) is 9.59 Å². The maximum atomic E-state index is 12.8. The molecule has 4 rings (SSSR count). The van der Waals surface area contributed by atoms with Crippen molar-refractivity contribution >= 4 is 28.2 Å². The number of hydrogen-bond donors (Lipinski definition) is 1. The Morgan fingerprint density at radius 1 is 1.14 bits per heavy atom. The summed E-state index contributed by atoms with van der Waals surface area (Å²) in [5.74, 6) is 0.0344. The Kier molecular flexibility index (Phi) is 5.03. The number of ether oxygens (including phenoxy) is 1. The Labute approximate surface area is 161 Å². The number of aryl methyl sites for hydroxylation is 1. The van der Waals surface area contributed by atoms with E-state index in [1.165, 1.54) is 4.68 Å². The number of carbonyl (C=O) groups excluding carboxylic acids is 1. The number of rotatable bonds is 4. The smallest absolute Gasteiger partial charge is 0.277 e. The van der Waals surface area contributed by atoms with Crippen LogP contribution in [0.4, 0.5) is 11.5 Å². The molecule has 0 atom stereocenters. The van der Waals surface area contributed by atoms with E-state index in [9.17, 15) is 9.59 Å². The van der Waals surface area contributed by atoms with Crippen molar-refractivity contribution in [3.05, 3.63) is 58.6 Å². The van der Waals surface area contributed by atoms with E-state index in [2.05, 4.69) is 20.3 Å². The molecule has 0 saturated carbocycles. The van der Waals surface area contributed by atoms with Crippen LogP contribution in [-0.2, 0) is 11.3 Å². The average Bonchev–Trinajstić information content (AvgIpc) is 2.75. The molecule has 144 valence electrons. The summed E-state index contributed by atoms with van der Waals surface area (Å²) in [7, 11) is 0. The zero-order valence-electron chi connectivity index (χ0n) is 15.6. The third-order valence-corrected chi connectivity index (χ3v) is 4.75. The SMILES string of the molecule is CCn1nc(C(=O)Nc2ccc(N3CCOCC3)cn2)c2ccccc2c1=O. The van der Waals surface area contributed by atoms with E-state index in [-0.39, 0.29) is 11.3 Å². The molecule has 3 aromatic rings. The standard InChI is InChI=1S/C20H21N5O3/c1-2-25-20(27)16-6-4-3-5-15(16)18(23-25)19(26)22-17-8-7-14(13-21-17)24-9-11-28-12-10-24/h3-8,13H,2,9-12H2,1H3,(H,21,22,26). The van der Waals surface area contributed by atoms with Crippen molar-refractivity contribution in [3.8, 4) is 0 Å². The minimum atomic E-state index is -0.398. The highest BCUT2D eigenvalue weighted by atomic mass is 16.5. The highest BCUT2D eigenvalue weighted by Crippen LogP contribution is 2.18. The lowest BCUT2D eigenvalue weighted by atomic mass is 10.1. The number of anilines is 2. The fourth-order valence-electron chi connectivity index (χ4n) is 3.26.